The molecule has 1 fully saturated rings. The number of ether oxygens (including phenoxy) is 3. The molecule has 2 rings (SSSR count). The van der Waals surface area contributed by atoms with Crippen LogP contribution in [0.4, 0.5) is 0 Å². The third kappa shape index (κ3) is 8.77. The Kier molecular flexibility index (Phi) is 12.7. The molecule has 0 saturated heterocycles. The Bertz CT molecular complexity index is 647. The lowest BCUT2D eigenvalue weighted by molar-refractivity contribution is 0.0468. The molecule has 164 valence electrons. The van der Waals surface area contributed by atoms with E-state index in [4.69, 9.17) is 14.2 Å². The summed E-state index contributed by atoms with van der Waals surface area (Å²) in [6.45, 7) is 1.89. The summed E-state index contributed by atoms with van der Waals surface area (Å²) in [4.78, 5) is 16.1. The number of nitrogens with zero attached hydrogens (tertiary/aromatic N) is 1. The van der Waals surface area contributed by atoms with Gasteiger partial charge >= 0.3 is 5.97 Å². The number of esters is 1. The molecule has 0 radical (unpaired) electrons. The van der Waals surface area contributed by atoms with E-state index in [2.05, 4.69) is 15.6 Å². The van der Waals surface area contributed by atoms with Gasteiger partial charge in [-0.15, -0.1) is 24.0 Å². The molecule has 0 bridgehead atoms. The molecule has 1 saturated carbocycles. The monoisotopic (exact) mass is 519 g/mol. The van der Waals surface area contributed by atoms with E-state index in [1.54, 1.807) is 19.2 Å². The number of carbonyl (C=O) groups is 1. The molecule has 0 atom stereocenters. The van der Waals surface area contributed by atoms with Crippen LogP contribution in [-0.4, -0.2) is 52.5 Å². The van der Waals surface area contributed by atoms with Crippen LogP contribution < -0.4 is 15.4 Å². The van der Waals surface area contributed by atoms with Gasteiger partial charge < -0.3 is 24.8 Å². The van der Waals surface area contributed by atoms with Crippen molar-refractivity contribution in [3.63, 3.8) is 0 Å². The van der Waals surface area contributed by atoms with E-state index >= 15 is 0 Å². The summed E-state index contributed by atoms with van der Waals surface area (Å²) in [5.74, 6) is 0.769. The average Bonchev–Trinajstić information content (AvgIpc) is 3.01. The van der Waals surface area contributed by atoms with Crippen LogP contribution in [0.2, 0.25) is 0 Å². The fourth-order valence-corrected chi connectivity index (χ4v) is 3.34. The van der Waals surface area contributed by atoms with Gasteiger partial charge in [0.05, 0.1) is 26.9 Å². The second kappa shape index (κ2) is 14.4. The van der Waals surface area contributed by atoms with E-state index in [0.717, 1.165) is 5.56 Å². The largest absolute Gasteiger partial charge is 0.496 e. The van der Waals surface area contributed by atoms with Crippen LogP contribution in [0.3, 0.4) is 0 Å². The molecule has 1 aliphatic carbocycles. The van der Waals surface area contributed by atoms with Crippen LogP contribution in [0.25, 0.3) is 0 Å². The second-order valence-corrected chi connectivity index (χ2v) is 6.86. The maximum atomic E-state index is 11.9. The van der Waals surface area contributed by atoms with Gasteiger partial charge in [-0.05, 0) is 30.5 Å². The highest BCUT2D eigenvalue weighted by atomic mass is 127. The fourth-order valence-electron chi connectivity index (χ4n) is 3.34. The van der Waals surface area contributed by atoms with Crippen molar-refractivity contribution in [3.8, 4) is 5.75 Å². The molecule has 7 nitrogen and oxygen atoms in total. The molecule has 8 heteroatoms. The van der Waals surface area contributed by atoms with Crippen LogP contribution in [0.15, 0.2) is 23.2 Å². The van der Waals surface area contributed by atoms with Crippen LogP contribution in [0.5, 0.6) is 5.75 Å². The Balaban J connectivity index is 0.00000420. The topological polar surface area (TPSA) is 81.2 Å². The van der Waals surface area contributed by atoms with Gasteiger partial charge in [0.15, 0.2) is 5.96 Å². The number of hydrogen-bond acceptors (Lipinski definition) is 5. The smallest absolute Gasteiger partial charge is 0.341 e. The van der Waals surface area contributed by atoms with E-state index in [0.29, 0.717) is 43.1 Å². The summed E-state index contributed by atoms with van der Waals surface area (Å²) in [5.41, 5.74) is 1.34. The Morgan fingerprint density at radius 2 is 1.86 bits per heavy atom. The fraction of sp³-hybridized carbons (Fsp3) is 0.619. The van der Waals surface area contributed by atoms with Crippen LogP contribution in [-0.2, 0) is 16.0 Å². The summed E-state index contributed by atoms with van der Waals surface area (Å²) in [6.07, 6.45) is 7.96. The summed E-state index contributed by atoms with van der Waals surface area (Å²) >= 11 is 0. The first kappa shape index (κ1) is 25.5. The van der Waals surface area contributed by atoms with Gasteiger partial charge in [0.2, 0.25) is 0 Å². The van der Waals surface area contributed by atoms with E-state index < -0.39 is 5.97 Å². The predicted octanol–water partition coefficient (Wildman–Crippen LogP) is 3.50. The molecule has 1 aromatic rings. The summed E-state index contributed by atoms with van der Waals surface area (Å²) in [7, 11) is 4.62. The Labute approximate surface area is 191 Å². The van der Waals surface area contributed by atoms with Crippen molar-refractivity contribution in [2.45, 2.75) is 51.2 Å². The number of aliphatic imine (C=N–C) groups is 1. The molecular formula is C21H34IN3O4. The minimum atomic E-state index is -0.420. The first-order chi connectivity index (χ1) is 13.7. The molecule has 0 unspecified atom stereocenters. The number of guanidine groups is 1. The maximum absolute atomic E-state index is 11.9. The van der Waals surface area contributed by atoms with Crippen molar-refractivity contribution in [2.75, 3.05) is 34.4 Å². The summed E-state index contributed by atoms with van der Waals surface area (Å²) in [5, 5.41) is 6.51. The molecule has 29 heavy (non-hydrogen) atoms. The highest BCUT2D eigenvalue weighted by Crippen LogP contribution is 2.21. The normalized spacial score (nSPS) is 15.1. The number of benzene rings is 1. The minimum absolute atomic E-state index is 0. The molecule has 0 spiro atoms. The van der Waals surface area contributed by atoms with Crippen LogP contribution in [0, 0.1) is 0 Å². The van der Waals surface area contributed by atoms with Gasteiger partial charge in [-0.2, -0.15) is 0 Å². The van der Waals surface area contributed by atoms with Crippen molar-refractivity contribution in [1.29, 1.82) is 0 Å². The van der Waals surface area contributed by atoms with Gasteiger partial charge in [0.1, 0.15) is 11.3 Å². The number of methoxy groups -OCH3 is 2. The molecule has 0 amide bonds. The van der Waals surface area contributed by atoms with Gasteiger partial charge in [-0.25, -0.2) is 4.79 Å². The van der Waals surface area contributed by atoms with Crippen molar-refractivity contribution < 1.29 is 19.0 Å². The third-order valence-electron chi connectivity index (χ3n) is 4.90. The minimum Gasteiger partial charge on any atom is -0.496 e. The predicted molar refractivity (Wildman–Crippen MR) is 125 cm³/mol. The van der Waals surface area contributed by atoms with Gasteiger partial charge in [0, 0.05) is 20.1 Å². The third-order valence-corrected chi connectivity index (χ3v) is 4.90. The molecule has 0 heterocycles. The molecular weight excluding hydrogens is 485 g/mol. The number of carbonyl (C=O) groups excluding carboxylic acids is 1. The van der Waals surface area contributed by atoms with Crippen molar-refractivity contribution >= 4 is 35.9 Å². The van der Waals surface area contributed by atoms with Gasteiger partial charge in [-0.3, -0.25) is 4.99 Å². The van der Waals surface area contributed by atoms with Crippen LogP contribution in [0.1, 0.15) is 54.4 Å². The summed E-state index contributed by atoms with van der Waals surface area (Å²) in [6, 6.07) is 5.43. The average molecular weight is 519 g/mol. The second-order valence-electron chi connectivity index (χ2n) is 6.86. The first-order valence-corrected chi connectivity index (χ1v) is 9.99. The van der Waals surface area contributed by atoms with E-state index in [1.165, 1.54) is 52.7 Å². The summed E-state index contributed by atoms with van der Waals surface area (Å²) < 4.78 is 16.0. The Morgan fingerprint density at radius 3 is 2.48 bits per heavy atom. The SMILES string of the molecule is CN=C(NCCOC1CCCCCC1)NCc1ccc(OC)c(C(=O)OC)c1.I. The Hall–Kier alpha value is -1.55. The van der Waals surface area contributed by atoms with E-state index in [9.17, 15) is 4.79 Å². The highest BCUT2D eigenvalue weighted by molar-refractivity contribution is 14.0. The Morgan fingerprint density at radius 1 is 1.14 bits per heavy atom. The molecule has 2 N–H and O–H groups in total. The number of nitrogens with one attached hydrogen (secondary N) is 2. The van der Waals surface area contributed by atoms with Crippen molar-refractivity contribution in [1.82, 2.24) is 10.6 Å². The number of halogens is 1. The molecule has 0 aliphatic heterocycles. The first-order valence-electron chi connectivity index (χ1n) is 9.99. The van der Waals surface area contributed by atoms with Crippen LogP contribution >= 0.6 is 24.0 Å². The van der Waals surface area contributed by atoms with Gasteiger partial charge in [0.25, 0.3) is 0 Å². The highest BCUT2D eigenvalue weighted by Gasteiger charge is 2.14. The zero-order chi connectivity index (χ0) is 20.2. The van der Waals surface area contributed by atoms with Crippen molar-refractivity contribution in [2.24, 2.45) is 4.99 Å². The van der Waals surface area contributed by atoms with E-state index in [-0.39, 0.29) is 24.0 Å². The molecule has 1 aliphatic rings. The number of rotatable bonds is 8. The molecule has 0 aromatic heterocycles. The van der Waals surface area contributed by atoms with Crippen molar-refractivity contribution in [3.05, 3.63) is 29.3 Å². The zero-order valence-electron chi connectivity index (χ0n) is 17.7. The lowest BCUT2D eigenvalue weighted by Gasteiger charge is -2.17. The standard InChI is InChI=1S/C21H33N3O4.HI/c1-22-21(23-12-13-28-17-8-6-4-5-7-9-17)24-15-16-10-11-19(26-2)18(14-16)20(25)27-3;/h10-11,14,17H,4-9,12-13,15H2,1-3H3,(H2,22,23,24);1H. The lowest BCUT2D eigenvalue weighted by Crippen LogP contribution is -2.39. The van der Waals surface area contributed by atoms with Gasteiger partial charge in [-0.1, -0.05) is 31.7 Å². The maximum Gasteiger partial charge on any atom is 0.341 e. The number of hydrogen-bond donors (Lipinski definition) is 2. The molecule has 1 aromatic carbocycles. The lowest BCUT2D eigenvalue weighted by atomic mass is 10.1. The quantitative estimate of drug-likeness (QED) is 0.137. The zero-order valence-corrected chi connectivity index (χ0v) is 20.0. The van der Waals surface area contributed by atoms with E-state index in [1.807, 2.05) is 6.07 Å².